The van der Waals surface area contributed by atoms with Crippen molar-refractivity contribution in [2.24, 2.45) is 5.41 Å². The Morgan fingerprint density at radius 1 is 1.53 bits per heavy atom. The predicted molar refractivity (Wildman–Crippen MR) is 65.9 cm³/mol. The molecule has 4 heteroatoms. The Hall–Kier alpha value is -0.610. The van der Waals surface area contributed by atoms with Gasteiger partial charge in [0.2, 0.25) is 0 Å². The molecule has 1 rings (SSSR count). The molecule has 0 fully saturated rings. The Morgan fingerprint density at radius 3 is 2.87 bits per heavy atom. The van der Waals surface area contributed by atoms with Gasteiger partial charge < -0.3 is 10.4 Å². The zero-order chi connectivity index (χ0) is 11.3. The molecule has 0 aliphatic carbocycles. The van der Waals surface area contributed by atoms with Crippen LogP contribution in [0.5, 0.6) is 0 Å². The van der Waals surface area contributed by atoms with E-state index in [-0.39, 0.29) is 12.0 Å². The fourth-order valence-electron chi connectivity index (χ4n) is 1.23. The van der Waals surface area contributed by atoms with Gasteiger partial charge in [-0.2, -0.15) is 0 Å². The quantitative estimate of drug-likeness (QED) is 0.867. The highest BCUT2D eigenvalue weighted by atomic mass is 79.9. The number of nitrogens with one attached hydrogen (secondary N) is 1. The van der Waals surface area contributed by atoms with Crippen LogP contribution in [0.15, 0.2) is 22.8 Å². The maximum atomic E-state index is 8.90. The maximum Gasteiger partial charge on any atom is 0.140 e. The second kappa shape index (κ2) is 5.47. The molecule has 0 unspecified atom stereocenters. The van der Waals surface area contributed by atoms with Gasteiger partial charge in [-0.1, -0.05) is 13.8 Å². The number of aromatic nitrogens is 1. The van der Waals surface area contributed by atoms with E-state index in [1.165, 1.54) is 0 Å². The second-order valence-electron chi connectivity index (χ2n) is 4.33. The van der Waals surface area contributed by atoms with Crippen molar-refractivity contribution in [3.63, 3.8) is 0 Å². The molecular weight excluding hydrogens is 256 g/mol. The summed E-state index contributed by atoms with van der Waals surface area (Å²) in [5.74, 6) is 0.850. The van der Waals surface area contributed by atoms with Crippen LogP contribution >= 0.6 is 15.9 Å². The van der Waals surface area contributed by atoms with Gasteiger partial charge >= 0.3 is 0 Å². The van der Waals surface area contributed by atoms with E-state index in [0.29, 0.717) is 0 Å². The maximum absolute atomic E-state index is 8.90. The van der Waals surface area contributed by atoms with Crippen molar-refractivity contribution in [3.8, 4) is 0 Å². The Balaban J connectivity index is 2.53. The van der Waals surface area contributed by atoms with E-state index in [0.717, 1.165) is 23.3 Å². The van der Waals surface area contributed by atoms with Crippen molar-refractivity contribution in [2.45, 2.75) is 20.3 Å². The summed E-state index contributed by atoms with van der Waals surface area (Å²) in [6.07, 6.45) is 2.54. The first-order valence-electron chi connectivity index (χ1n) is 5.00. The minimum atomic E-state index is 0.0751. The molecule has 1 aromatic rings. The van der Waals surface area contributed by atoms with Crippen LogP contribution in [0.25, 0.3) is 0 Å². The molecule has 0 atom stereocenters. The van der Waals surface area contributed by atoms with Crippen LogP contribution < -0.4 is 5.32 Å². The fraction of sp³-hybridized carbons (Fsp3) is 0.545. The van der Waals surface area contributed by atoms with Gasteiger partial charge in [0.1, 0.15) is 5.82 Å². The summed E-state index contributed by atoms with van der Waals surface area (Å²) in [5, 5.41) is 12.2. The highest BCUT2D eigenvalue weighted by molar-refractivity contribution is 9.10. The zero-order valence-corrected chi connectivity index (χ0v) is 10.7. The third-order valence-corrected chi connectivity index (χ3v) is 2.92. The zero-order valence-electron chi connectivity index (χ0n) is 9.13. The number of rotatable bonds is 5. The minimum absolute atomic E-state index is 0.0751. The molecule has 84 valence electrons. The standard InChI is InChI=1S/C11H17BrN2O/c1-11(2,5-7-15)8-14-10-9(12)4-3-6-13-10/h3-4,6,15H,5,7-8H2,1-2H3,(H,13,14). The average Bonchev–Trinajstić information content (AvgIpc) is 2.16. The molecule has 0 saturated heterocycles. The van der Waals surface area contributed by atoms with Crippen molar-refractivity contribution in [2.75, 3.05) is 18.5 Å². The number of anilines is 1. The Morgan fingerprint density at radius 2 is 2.27 bits per heavy atom. The number of hydrogen-bond donors (Lipinski definition) is 2. The molecule has 0 aliphatic rings. The first-order valence-corrected chi connectivity index (χ1v) is 5.80. The third-order valence-electron chi connectivity index (χ3n) is 2.28. The molecule has 15 heavy (non-hydrogen) atoms. The van der Waals surface area contributed by atoms with E-state index in [4.69, 9.17) is 5.11 Å². The van der Waals surface area contributed by atoms with Crippen LogP contribution in [0, 0.1) is 5.41 Å². The summed E-state index contributed by atoms with van der Waals surface area (Å²) in [5.41, 5.74) is 0.0751. The lowest BCUT2D eigenvalue weighted by atomic mass is 9.90. The summed E-state index contributed by atoms with van der Waals surface area (Å²) >= 11 is 3.43. The number of aliphatic hydroxyl groups is 1. The van der Waals surface area contributed by atoms with Crippen molar-refractivity contribution in [1.82, 2.24) is 4.98 Å². The number of halogens is 1. The minimum Gasteiger partial charge on any atom is -0.396 e. The van der Waals surface area contributed by atoms with Gasteiger partial charge in [-0.25, -0.2) is 4.98 Å². The normalized spacial score (nSPS) is 11.5. The van der Waals surface area contributed by atoms with Gasteiger partial charge in [0.05, 0.1) is 4.47 Å². The van der Waals surface area contributed by atoms with Crippen LogP contribution in [0.1, 0.15) is 20.3 Å². The van der Waals surface area contributed by atoms with Gasteiger partial charge in [0, 0.05) is 19.3 Å². The van der Waals surface area contributed by atoms with Gasteiger partial charge in [-0.3, -0.25) is 0 Å². The lowest BCUT2D eigenvalue weighted by Gasteiger charge is -2.24. The van der Waals surface area contributed by atoms with Gasteiger partial charge in [0.25, 0.3) is 0 Å². The largest absolute Gasteiger partial charge is 0.396 e. The van der Waals surface area contributed by atoms with Crippen LogP contribution in [-0.4, -0.2) is 23.2 Å². The van der Waals surface area contributed by atoms with Crippen LogP contribution in [0.3, 0.4) is 0 Å². The SMILES string of the molecule is CC(C)(CCO)CNc1ncccc1Br. The summed E-state index contributed by atoms with van der Waals surface area (Å²) in [6.45, 7) is 5.25. The van der Waals surface area contributed by atoms with Crippen LogP contribution in [0.4, 0.5) is 5.82 Å². The van der Waals surface area contributed by atoms with Crippen LogP contribution in [0.2, 0.25) is 0 Å². The second-order valence-corrected chi connectivity index (χ2v) is 5.18. The predicted octanol–water partition coefficient (Wildman–Crippen LogP) is 2.66. The summed E-state index contributed by atoms with van der Waals surface area (Å²) in [6, 6.07) is 3.84. The Labute approximate surface area is 99.1 Å². The molecule has 1 heterocycles. The first-order chi connectivity index (χ1) is 7.05. The van der Waals surface area contributed by atoms with Gasteiger partial charge in [-0.05, 0) is 39.9 Å². The number of aliphatic hydroxyl groups excluding tert-OH is 1. The van der Waals surface area contributed by atoms with Crippen molar-refractivity contribution in [3.05, 3.63) is 22.8 Å². The Bertz CT molecular complexity index is 315. The van der Waals surface area contributed by atoms with E-state index >= 15 is 0 Å². The monoisotopic (exact) mass is 272 g/mol. The summed E-state index contributed by atoms with van der Waals surface area (Å²) in [4.78, 5) is 4.22. The highest BCUT2D eigenvalue weighted by Gasteiger charge is 2.17. The number of nitrogens with zero attached hydrogens (tertiary/aromatic N) is 1. The summed E-state index contributed by atoms with van der Waals surface area (Å²) in [7, 11) is 0. The molecule has 0 aliphatic heterocycles. The average molecular weight is 273 g/mol. The molecule has 0 aromatic carbocycles. The topological polar surface area (TPSA) is 45.1 Å². The molecule has 3 nitrogen and oxygen atoms in total. The molecule has 0 saturated carbocycles. The summed E-state index contributed by atoms with van der Waals surface area (Å²) < 4.78 is 0.963. The van der Waals surface area contributed by atoms with Crippen molar-refractivity contribution in [1.29, 1.82) is 0 Å². The third kappa shape index (κ3) is 4.18. The molecule has 0 spiro atoms. The highest BCUT2D eigenvalue weighted by Crippen LogP contribution is 2.23. The molecule has 2 N–H and O–H groups in total. The Kier molecular flexibility index (Phi) is 4.54. The smallest absolute Gasteiger partial charge is 0.140 e. The van der Waals surface area contributed by atoms with E-state index < -0.39 is 0 Å². The van der Waals surface area contributed by atoms with Crippen LogP contribution in [-0.2, 0) is 0 Å². The van der Waals surface area contributed by atoms with E-state index in [1.807, 2.05) is 12.1 Å². The number of hydrogen-bond acceptors (Lipinski definition) is 3. The van der Waals surface area contributed by atoms with E-state index in [2.05, 4.69) is 40.1 Å². The molecule has 0 amide bonds. The number of pyridine rings is 1. The lowest BCUT2D eigenvalue weighted by molar-refractivity contribution is 0.220. The molecule has 0 bridgehead atoms. The molecule has 1 aromatic heterocycles. The van der Waals surface area contributed by atoms with Gasteiger partial charge in [0.15, 0.2) is 0 Å². The molecular formula is C11H17BrN2O. The fourth-order valence-corrected chi connectivity index (χ4v) is 1.62. The van der Waals surface area contributed by atoms with E-state index in [9.17, 15) is 0 Å². The van der Waals surface area contributed by atoms with Crippen molar-refractivity contribution < 1.29 is 5.11 Å². The van der Waals surface area contributed by atoms with Crippen molar-refractivity contribution >= 4 is 21.7 Å². The lowest BCUT2D eigenvalue weighted by Crippen LogP contribution is -2.24. The first kappa shape index (κ1) is 12.5. The van der Waals surface area contributed by atoms with Gasteiger partial charge in [-0.15, -0.1) is 0 Å². The van der Waals surface area contributed by atoms with E-state index in [1.54, 1.807) is 6.20 Å². The molecule has 0 radical (unpaired) electrons.